The molecule has 1 heterocycles. The molecule has 1 aliphatic rings. The maximum absolute atomic E-state index is 11.5. The molecule has 0 radical (unpaired) electrons. The lowest BCUT2D eigenvalue weighted by molar-refractivity contribution is -0.120. The van der Waals surface area contributed by atoms with Crippen LogP contribution in [-0.2, 0) is 17.8 Å². The standard InChI is InChI=1S/C18H26N2O2/c1-4-6-16-11-15(7-8-17(16)22-5-2)13-20-10-9-18(21)19-12-14(20)3/h4,7-8,11,14H,1,5-6,9-10,12-13H2,2-3H3,(H,19,21)/t14-/m1/s1. The zero-order chi connectivity index (χ0) is 15.9. The van der Waals surface area contributed by atoms with E-state index in [0.717, 1.165) is 31.8 Å². The normalized spacial score (nSPS) is 19.4. The van der Waals surface area contributed by atoms with Gasteiger partial charge in [-0.1, -0.05) is 18.2 Å². The molecule has 120 valence electrons. The highest BCUT2D eigenvalue weighted by Crippen LogP contribution is 2.23. The van der Waals surface area contributed by atoms with Gasteiger partial charge in [-0.15, -0.1) is 6.58 Å². The second kappa shape index (κ2) is 7.99. The van der Waals surface area contributed by atoms with E-state index in [1.807, 2.05) is 19.1 Å². The summed E-state index contributed by atoms with van der Waals surface area (Å²) in [5.74, 6) is 1.08. The molecule has 1 aromatic carbocycles. The lowest BCUT2D eigenvalue weighted by atomic mass is 10.1. The van der Waals surface area contributed by atoms with Gasteiger partial charge in [-0.05, 0) is 37.5 Å². The summed E-state index contributed by atoms with van der Waals surface area (Å²) in [7, 11) is 0. The van der Waals surface area contributed by atoms with Crippen LogP contribution in [0, 0.1) is 0 Å². The number of nitrogens with one attached hydrogen (secondary N) is 1. The van der Waals surface area contributed by atoms with Crippen molar-refractivity contribution in [2.75, 3.05) is 19.7 Å². The monoisotopic (exact) mass is 302 g/mol. The van der Waals surface area contributed by atoms with Gasteiger partial charge in [0.05, 0.1) is 6.61 Å². The van der Waals surface area contributed by atoms with Crippen molar-refractivity contribution in [3.63, 3.8) is 0 Å². The second-order valence-electron chi connectivity index (χ2n) is 5.74. The summed E-state index contributed by atoms with van der Waals surface area (Å²) in [5.41, 5.74) is 2.42. The fourth-order valence-electron chi connectivity index (χ4n) is 2.76. The Balaban J connectivity index is 2.12. The maximum Gasteiger partial charge on any atom is 0.221 e. The van der Waals surface area contributed by atoms with Crippen molar-refractivity contribution >= 4 is 5.91 Å². The van der Waals surface area contributed by atoms with Gasteiger partial charge in [0.2, 0.25) is 5.91 Å². The van der Waals surface area contributed by atoms with E-state index in [1.165, 1.54) is 11.1 Å². The molecule has 0 unspecified atom stereocenters. The van der Waals surface area contributed by atoms with Gasteiger partial charge in [-0.25, -0.2) is 0 Å². The topological polar surface area (TPSA) is 41.6 Å². The van der Waals surface area contributed by atoms with Crippen LogP contribution in [0.25, 0.3) is 0 Å². The Morgan fingerprint density at radius 3 is 3.05 bits per heavy atom. The van der Waals surface area contributed by atoms with E-state index in [9.17, 15) is 4.79 Å². The first-order valence-electron chi connectivity index (χ1n) is 8.00. The average molecular weight is 302 g/mol. The van der Waals surface area contributed by atoms with Crippen molar-refractivity contribution in [3.05, 3.63) is 42.0 Å². The fourth-order valence-corrected chi connectivity index (χ4v) is 2.76. The molecule has 1 amide bonds. The van der Waals surface area contributed by atoms with Crippen LogP contribution < -0.4 is 10.1 Å². The Kier molecular flexibility index (Phi) is 6.01. The van der Waals surface area contributed by atoms with Gasteiger partial charge in [0.25, 0.3) is 0 Å². The van der Waals surface area contributed by atoms with E-state index in [1.54, 1.807) is 0 Å². The number of hydrogen-bond acceptors (Lipinski definition) is 3. The summed E-state index contributed by atoms with van der Waals surface area (Å²) in [6, 6.07) is 6.70. The molecule has 1 saturated heterocycles. The number of hydrogen-bond donors (Lipinski definition) is 1. The SMILES string of the molecule is C=CCc1cc(CN2CCC(=O)NC[C@H]2C)ccc1OCC. The number of nitrogens with zero attached hydrogens (tertiary/aromatic N) is 1. The molecular weight excluding hydrogens is 276 g/mol. The minimum atomic E-state index is 0.147. The van der Waals surface area contributed by atoms with E-state index < -0.39 is 0 Å². The molecule has 0 bridgehead atoms. The summed E-state index contributed by atoms with van der Waals surface area (Å²) in [6.07, 6.45) is 3.28. The first-order valence-corrected chi connectivity index (χ1v) is 8.00. The first kappa shape index (κ1) is 16.6. The van der Waals surface area contributed by atoms with E-state index in [0.29, 0.717) is 19.1 Å². The molecule has 2 rings (SSSR count). The minimum Gasteiger partial charge on any atom is -0.494 e. The summed E-state index contributed by atoms with van der Waals surface area (Å²) < 4.78 is 5.67. The van der Waals surface area contributed by atoms with E-state index in [4.69, 9.17) is 4.74 Å². The molecule has 0 spiro atoms. The van der Waals surface area contributed by atoms with E-state index >= 15 is 0 Å². The molecule has 1 aromatic rings. The zero-order valence-corrected chi connectivity index (χ0v) is 13.6. The molecule has 4 heteroatoms. The van der Waals surface area contributed by atoms with Crippen molar-refractivity contribution in [1.29, 1.82) is 0 Å². The van der Waals surface area contributed by atoms with E-state index in [-0.39, 0.29) is 5.91 Å². The molecule has 1 fully saturated rings. The second-order valence-corrected chi connectivity index (χ2v) is 5.74. The van der Waals surface area contributed by atoms with Crippen molar-refractivity contribution in [3.8, 4) is 5.75 Å². The largest absolute Gasteiger partial charge is 0.494 e. The van der Waals surface area contributed by atoms with Crippen LogP contribution in [0.4, 0.5) is 0 Å². The smallest absolute Gasteiger partial charge is 0.221 e. The fraction of sp³-hybridized carbons (Fsp3) is 0.500. The van der Waals surface area contributed by atoms with Crippen LogP contribution in [0.15, 0.2) is 30.9 Å². The summed E-state index contributed by atoms with van der Waals surface area (Å²) in [4.78, 5) is 13.9. The van der Waals surface area contributed by atoms with Crippen LogP contribution in [0.3, 0.4) is 0 Å². The Bertz CT molecular complexity index is 528. The molecular formula is C18H26N2O2. The maximum atomic E-state index is 11.5. The van der Waals surface area contributed by atoms with Gasteiger partial charge < -0.3 is 10.1 Å². The Hall–Kier alpha value is -1.81. The summed E-state index contributed by atoms with van der Waals surface area (Å²) in [6.45, 7) is 11.0. The van der Waals surface area contributed by atoms with Gasteiger partial charge in [0.1, 0.15) is 5.75 Å². The van der Waals surface area contributed by atoms with Gasteiger partial charge in [-0.3, -0.25) is 9.69 Å². The first-order chi connectivity index (χ1) is 10.6. The van der Waals surface area contributed by atoms with Crippen molar-refractivity contribution in [2.45, 2.75) is 39.3 Å². The van der Waals surface area contributed by atoms with Crippen LogP contribution in [0.2, 0.25) is 0 Å². The van der Waals surface area contributed by atoms with Gasteiger partial charge >= 0.3 is 0 Å². The number of ether oxygens (including phenoxy) is 1. The molecule has 0 aromatic heterocycles. The number of rotatable bonds is 6. The van der Waals surface area contributed by atoms with Crippen LogP contribution >= 0.6 is 0 Å². The highest BCUT2D eigenvalue weighted by atomic mass is 16.5. The van der Waals surface area contributed by atoms with Crippen molar-refractivity contribution in [1.82, 2.24) is 10.2 Å². The number of carbonyl (C=O) groups excluding carboxylic acids is 1. The Morgan fingerprint density at radius 2 is 2.32 bits per heavy atom. The third-order valence-corrected chi connectivity index (χ3v) is 4.02. The molecule has 0 saturated carbocycles. The van der Waals surface area contributed by atoms with Gasteiger partial charge in [0, 0.05) is 32.1 Å². The number of carbonyl (C=O) groups is 1. The molecule has 1 aliphatic heterocycles. The van der Waals surface area contributed by atoms with Crippen molar-refractivity contribution in [2.24, 2.45) is 0 Å². The average Bonchev–Trinajstić information content (AvgIpc) is 2.66. The number of allylic oxidation sites excluding steroid dienone is 1. The lowest BCUT2D eigenvalue weighted by Gasteiger charge is -2.26. The van der Waals surface area contributed by atoms with Crippen LogP contribution in [0.1, 0.15) is 31.4 Å². The predicted octanol–water partition coefficient (Wildman–Crippen LogP) is 2.52. The van der Waals surface area contributed by atoms with Crippen LogP contribution in [-0.4, -0.2) is 36.5 Å². The van der Waals surface area contributed by atoms with Crippen LogP contribution in [0.5, 0.6) is 5.75 Å². The zero-order valence-electron chi connectivity index (χ0n) is 13.6. The Labute approximate surface area is 133 Å². The predicted molar refractivity (Wildman–Crippen MR) is 89.0 cm³/mol. The number of amides is 1. The quantitative estimate of drug-likeness (QED) is 0.821. The lowest BCUT2D eigenvalue weighted by Crippen LogP contribution is -2.37. The third kappa shape index (κ3) is 4.34. The highest BCUT2D eigenvalue weighted by Gasteiger charge is 2.20. The van der Waals surface area contributed by atoms with E-state index in [2.05, 4.69) is 35.9 Å². The molecule has 22 heavy (non-hydrogen) atoms. The summed E-state index contributed by atoms with van der Waals surface area (Å²) >= 11 is 0. The molecule has 1 N–H and O–H groups in total. The molecule has 1 atom stereocenters. The van der Waals surface area contributed by atoms with Crippen molar-refractivity contribution < 1.29 is 9.53 Å². The van der Waals surface area contributed by atoms with Gasteiger partial charge in [0.15, 0.2) is 0 Å². The highest BCUT2D eigenvalue weighted by molar-refractivity contribution is 5.76. The number of benzene rings is 1. The third-order valence-electron chi connectivity index (χ3n) is 4.02. The molecule has 4 nitrogen and oxygen atoms in total. The van der Waals surface area contributed by atoms with Gasteiger partial charge in [-0.2, -0.15) is 0 Å². The molecule has 0 aliphatic carbocycles. The minimum absolute atomic E-state index is 0.147. The summed E-state index contributed by atoms with van der Waals surface area (Å²) in [5, 5.41) is 2.95. The Morgan fingerprint density at radius 1 is 1.50 bits per heavy atom.